The van der Waals surface area contributed by atoms with E-state index in [1.807, 2.05) is 0 Å². The van der Waals surface area contributed by atoms with Gasteiger partial charge >= 0.3 is 0 Å². The maximum atomic E-state index is 13.2. The molecule has 2 rings (SSSR count). The molecule has 0 aliphatic rings. The highest BCUT2D eigenvalue weighted by molar-refractivity contribution is 7.90. The Morgan fingerprint density at radius 3 is 2.50 bits per heavy atom. The standard InChI is InChI=1S/C13H10Cl2FNO2S/c14-12-3-1-2-8(13(12)15)7-20(18,19)11-5-9(16)4-10(17)6-11/h1-6H,7,17H2. The fourth-order valence-electron chi connectivity index (χ4n) is 1.71. The van der Waals surface area contributed by atoms with Crippen LogP contribution in [0.1, 0.15) is 5.56 Å². The molecule has 0 radical (unpaired) electrons. The van der Waals surface area contributed by atoms with Crippen molar-refractivity contribution >= 4 is 38.7 Å². The Kier molecular flexibility index (Phi) is 4.22. The Morgan fingerprint density at radius 2 is 1.85 bits per heavy atom. The van der Waals surface area contributed by atoms with Crippen LogP contribution < -0.4 is 5.73 Å². The molecule has 2 aromatic carbocycles. The molecular weight excluding hydrogens is 324 g/mol. The Morgan fingerprint density at radius 1 is 1.15 bits per heavy atom. The third-order valence-electron chi connectivity index (χ3n) is 2.63. The Hall–Kier alpha value is -1.30. The smallest absolute Gasteiger partial charge is 0.182 e. The van der Waals surface area contributed by atoms with Crippen LogP contribution in [0, 0.1) is 5.82 Å². The third kappa shape index (κ3) is 3.23. The monoisotopic (exact) mass is 333 g/mol. The zero-order chi connectivity index (χ0) is 14.9. The van der Waals surface area contributed by atoms with E-state index in [0.717, 1.165) is 12.1 Å². The molecule has 2 N–H and O–H groups in total. The molecule has 106 valence electrons. The van der Waals surface area contributed by atoms with Gasteiger partial charge in [-0.2, -0.15) is 0 Å². The maximum Gasteiger partial charge on any atom is 0.182 e. The Balaban J connectivity index is 2.43. The van der Waals surface area contributed by atoms with E-state index >= 15 is 0 Å². The minimum atomic E-state index is -3.76. The van der Waals surface area contributed by atoms with E-state index < -0.39 is 15.7 Å². The number of rotatable bonds is 3. The molecule has 0 atom stereocenters. The predicted octanol–water partition coefficient (Wildman–Crippen LogP) is 3.69. The minimum absolute atomic E-state index is 0.0424. The van der Waals surface area contributed by atoms with Crippen molar-refractivity contribution in [1.29, 1.82) is 0 Å². The molecule has 0 saturated heterocycles. The summed E-state index contributed by atoms with van der Waals surface area (Å²) in [6.07, 6.45) is 0. The Labute approximate surface area is 126 Å². The number of nitrogens with two attached hydrogens (primary N) is 1. The summed E-state index contributed by atoms with van der Waals surface area (Å²) in [4.78, 5) is -0.189. The van der Waals surface area contributed by atoms with Crippen molar-refractivity contribution in [2.24, 2.45) is 0 Å². The number of anilines is 1. The van der Waals surface area contributed by atoms with Crippen molar-refractivity contribution in [1.82, 2.24) is 0 Å². The average Bonchev–Trinajstić information content (AvgIpc) is 2.33. The van der Waals surface area contributed by atoms with Crippen LogP contribution in [-0.4, -0.2) is 8.42 Å². The number of halogens is 3. The quantitative estimate of drug-likeness (QED) is 0.871. The number of nitrogen functional groups attached to an aromatic ring is 1. The van der Waals surface area contributed by atoms with Gasteiger partial charge in [0.2, 0.25) is 0 Å². The molecule has 0 amide bonds. The second-order valence-corrected chi connectivity index (χ2v) is 6.97. The number of sulfone groups is 1. The normalized spacial score (nSPS) is 11.6. The molecule has 2 aromatic rings. The van der Waals surface area contributed by atoms with Gasteiger partial charge in [-0.15, -0.1) is 0 Å². The van der Waals surface area contributed by atoms with Crippen LogP contribution in [0.5, 0.6) is 0 Å². The summed E-state index contributed by atoms with van der Waals surface area (Å²) in [6, 6.07) is 7.87. The molecule has 7 heteroatoms. The van der Waals surface area contributed by atoms with Crippen LogP contribution in [0.3, 0.4) is 0 Å². The van der Waals surface area contributed by atoms with Crippen LogP contribution in [0.4, 0.5) is 10.1 Å². The van der Waals surface area contributed by atoms with Gasteiger partial charge in [-0.1, -0.05) is 35.3 Å². The van der Waals surface area contributed by atoms with Gasteiger partial charge in [0.15, 0.2) is 9.84 Å². The highest BCUT2D eigenvalue weighted by atomic mass is 35.5. The van der Waals surface area contributed by atoms with E-state index in [2.05, 4.69) is 0 Å². The van der Waals surface area contributed by atoms with Gasteiger partial charge in [-0.3, -0.25) is 0 Å². The lowest BCUT2D eigenvalue weighted by molar-refractivity contribution is 0.590. The highest BCUT2D eigenvalue weighted by Crippen LogP contribution is 2.29. The second-order valence-electron chi connectivity index (χ2n) is 4.19. The zero-order valence-electron chi connectivity index (χ0n) is 10.1. The molecule has 0 unspecified atom stereocenters. The van der Waals surface area contributed by atoms with Crippen LogP contribution >= 0.6 is 23.2 Å². The summed E-state index contributed by atoms with van der Waals surface area (Å²) < 4.78 is 37.7. The SMILES string of the molecule is Nc1cc(F)cc(S(=O)(=O)Cc2cccc(Cl)c2Cl)c1. The first-order valence-corrected chi connectivity index (χ1v) is 7.92. The molecule has 0 aliphatic carbocycles. The molecule has 20 heavy (non-hydrogen) atoms. The van der Waals surface area contributed by atoms with Crippen molar-refractivity contribution < 1.29 is 12.8 Å². The predicted molar refractivity (Wildman–Crippen MR) is 78.2 cm³/mol. The summed E-state index contributed by atoms with van der Waals surface area (Å²) >= 11 is 11.8. The minimum Gasteiger partial charge on any atom is -0.399 e. The third-order valence-corrected chi connectivity index (χ3v) is 5.13. The molecule has 3 nitrogen and oxygen atoms in total. The van der Waals surface area contributed by atoms with Crippen molar-refractivity contribution in [3.05, 3.63) is 57.8 Å². The van der Waals surface area contributed by atoms with Crippen LogP contribution in [0.25, 0.3) is 0 Å². The van der Waals surface area contributed by atoms with Gasteiger partial charge in [0, 0.05) is 5.69 Å². The van der Waals surface area contributed by atoms with Gasteiger partial charge in [0.05, 0.1) is 20.7 Å². The summed E-state index contributed by atoms with van der Waals surface area (Å²) in [7, 11) is -3.76. The molecule has 0 aliphatic heterocycles. The zero-order valence-corrected chi connectivity index (χ0v) is 12.4. The van der Waals surface area contributed by atoms with Gasteiger partial charge < -0.3 is 5.73 Å². The van der Waals surface area contributed by atoms with E-state index in [1.54, 1.807) is 18.2 Å². The first-order valence-electron chi connectivity index (χ1n) is 5.51. The largest absolute Gasteiger partial charge is 0.399 e. The van der Waals surface area contributed by atoms with Crippen LogP contribution in [0.2, 0.25) is 10.0 Å². The molecule has 0 bridgehead atoms. The van der Waals surface area contributed by atoms with Gasteiger partial charge in [-0.25, -0.2) is 12.8 Å². The molecule has 0 fully saturated rings. The number of hydrogen-bond donors (Lipinski definition) is 1. The molecule has 0 saturated carbocycles. The first-order chi connectivity index (χ1) is 9.29. The van der Waals surface area contributed by atoms with Crippen molar-refractivity contribution in [2.75, 3.05) is 5.73 Å². The van der Waals surface area contributed by atoms with E-state index in [1.165, 1.54) is 6.07 Å². The van der Waals surface area contributed by atoms with Crippen molar-refractivity contribution in [3.8, 4) is 0 Å². The van der Waals surface area contributed by atoms with E-state index in [0.29, 0.717) is 5.56 Å². The van der Waals surface area contributed by atoms with Gasteiger partial charge in [-0.05, 0) is 29.8 Å². The summed E-state index contributed by atoms with van der Waals surface area (Å²) in [6.45, 7) is 0. The molecule has 0 heterocycles. The number of hydrogen-bond acceptors (Lipinski definition) is 3. The van der Waals surface area contributed by atoms with E-state index in [9.17, 15) is 12.8 Å². The van der Waals surface area contributed by atoms with Crippen LogP contribution in [0.15, 0.2) is 41.3 Å². The van der Waals surface area contributed by atoms with Crippen molar-refractivity contribution in [2.45, 2.75) is 10.6 Å². The topological polar surface area (TPSA) is 60.2 Å². The average molecular weight is 334 g/mol. The van der Waals surface area contributed by atoms with Gasteiger partial charge in [0.25, 0.3) is 0 Å². The number of benzene rings is 2. The fraction of sp³-hybridized carbons (Fsp3) is 0.0769. The summed E-state index contributed by atoms with van der Waals surface area (Å²) in [5.74, 6) is -1.09. The Bertz CT molecular complexity index is 743. The first kappa shape index (κ1) is 15.1. The van der Waals surface area contributed by atoms with Crippen LogP contribution in [-0.2, 0) is 15.6 Å². The molecule has 0 aromatic heterocycles. The van der Waals surface area contributed by atoms with Crippen molar-refractivity contribution in [3.63, 3.8) is 0 Å². The lowest BCUT2D eigenvalue weighted by atomic mass is 10.2. The fourth-order valence-corrected chi connectivity index (χ4v) is 3.60. The maximum absolute atomic E-state index is 13.2. The van der Waals surface area contributed by atoms with E-state index in [4.69, 9.17) is 28.9 Å². The summed E-state index contributed by atoms with van der Waals surface area (Å²) in [5.41, 5.74) is 5.84. The lowest BCUT2D eigenvalue weighted by Crippen LogP contribution is -2.07. The van der Waals surface area contributed by atoms with Gasteiger partial charge in [0.1, 0.15) is 5.82 Å². The molecular formula is C13H10Cl2FNO2S. The molecule has 0 spiro atoms. The second kappa shape index (κ2) is 5.60. The lowest BCUT2D eigenvalue weighted by Gasteiger charge is -2.08. The highest BCUT2D eigenvalue weighted by Gasteiger charge is 2.19. The van der Waals surface area contributed by atoms with E-state index in [-0.39, 0.29) is 26.4 Å². The summed E-state index contributed by atoms with van der Waals surface area (Å²) in [5, 5.41) is 0.431.